The van der Waals surface area contributed by atoms with Crippen LogP contribution in [0.3, 0.4) is 0 Å². The summed E-state index contributed by atoms with van der Waals surface area (Å²) < 4.78 is 6.50. The van der Waals surface area contributed by atoms with E-state index in [4.69, 9.17) is 4.74 Å². The Kier molecular flexibility index (Phi) is 4.25. The number of ether oxygens (including phenoxy) is 1. The van der Waals surface area contributed by atoms with E-state index >= 15 is 0 Å². The SMILES string of the molecule is Cc1ccc(CN2C[C@@H]3[C@H](CNC(=O)C(C)(C)C)[C@H]4CC[C@]3(C2)O4)s1. The third kappa shape index (κ3) is 3.15. The summed E-state index contributed by atoms with van der Waals surface area (Å²) in [5.74, 6) is 1.18. The number of thiophene rings is 1. The number of nitrogens with zero attached hydrogens (tertiary/aromatic N) is 1. The van der Waals surface area contributed by atoms with Crippen molar-refractivity contribution >= 4 is 17.2 Å². The monoisotopic (exact) mass is 362 g/mol. The van der Waals surface area contributed by atoms with E-state index in [0.717, 1.165) is 32.6 Å². The van der Waals surface area contributed by atoms with Gasteiger partial charge in [0.25, 0.3) is 0 Å². The molecular weight excluding hydrogens is 332 g/mol. The zero-order valence-corrected chi connectivity index (χ0v) is 16.6. The fraction of sp³-hybridized carbons (Fsp3) is 0.750. The summed E-state index contributed by atoms with van der Waals surface area (Å²) in [6.07, 6.45) is 2.68. The molecule has 0 radical (unpaired) electrons. The lowest BCUT2D eigenvalue weighted by Crippen LogP contribution is -2.44. The highest BCUT2D eigenvalue weighted by molar-refractivity contribution is 7.11. The van der Waals surface area contributed by atoms with Crippen molar-refractivity contribution in [2.24, 2.45) is 17.3 Å². The molecular formula is C20H30N2O2S. The maximum Gasteiger partial charge on any atom is 0.225 e. The van der Waals surface area contributed by atoms with E-state index < -0.39 is 0 Å². The molecule has 1 aromatic rings. The highest BCUT2D eigenvalue weighted by atomic mass is 32.1. The van der Waals surface area contributed by atoms with Crippen LogP contribution < -0.4 is 5.32 Å². The van der Waals surface area contributed by atoms with Gasteiger partial charge in [-0.25, -0.2) is 0 Å². The molecule has 0 unspecified atom stereocenters. The van der Waals surface area contributed by atoms with Crippen molar-refractivity contribution in [3.63, 3.8) is 0 Å². The molecule has 1 aromatic heterocycles. The molecule has 25 heavy (non-hydrogen) atoms. The molecule has 2 bridgehead atoms. The van der Waals surface area contributed by atoms with Crippen LogP contribution in [-0.2, 0) is 16.1 Å². The summed E-state index contributed by atoms with van der Waals surface area (Å²) in [6.45, 7) is 12.0. The van der Waals surface area contributed by atoms with Crippen molar-refractivity contribution in [1.82, 2.24) is 10.2 Å². The van der Waals surface area contributed by atoms with Crippen LogP contribution in [0.15, 0.2) is 12.1 Å². The molecule has 3 saturated heterocycles. The minimum Gasteiger partial charge on any atom is -0.370 e. The molecule has 0 saturated carbocycles. The lowest BCUT2D eigenvalue weighted by molar-refractivity contribution is -0.128. The van der Waals surface area contributed by atoms with Gasteiger partial charge in [0, 0.05) is 53.2 Å². The number of nitrogens with one attached hydrogen (secondary N) is 1. The van der Waals surface area contributed by atoms with Crippen molar-refractivity contribution < 1.29 is 9.53 Å². The van der Waals surface area contributed by atoms with Crippen LogP contribution in [0.25, 0.3) is 0 Å². The molecule has 1 spiro atoms. The first-order valence-electron chi connectivity index (χ1n) is 9.51. The van der Waals surface area contributed by atoms with Crippen LogP contribution in [-0.4, -0.2) is 42.1 Å². The second-order valence-electron chi connectivity index (χ2n) is 9.17. The Morgan fingerprint density at radius 3 is 2.92 bits per heavy atom. The third-order valence-electron chi connectivity index (χ3n) is 6.21. The Labute approximate surface area is 154 Å². The van der Waals surface area contributed by atoms with Gasteiger partial charge in [-0.05, 0) is 31.9 Å². The van der Waals surface area contributed by atoms with E-state index in [2.05, 4.69) is 29.3 Å². The van der Waals surface area contributed by atoms with Gasteiger partial charge in [-0.2, -0.15) is 0 Å². The predicted octanol–water partition coefficient (Wildman–Crippen LogP) is 3.20. The third-order valence-corrected chi connectivity index (χ3v) is 7.19. The zero-order valence-electron chi connectivity index (χ0n) is 15.8. The van der Waals surface area contributed by atoms with Crippen molar-refractivity contribution in [3.05, 3.63) is 21.9 Å². The van der Waals surface area contributed by atoms with Crippen LogP contribution in [0.5, 0.6) is 0 Å². The van der Waals surface area contributed by atoms with Crippen molar-refractivity contribution in [2.75, 3.05) is 19.6 Å². The molecule has 3 aliphatic heterocycles. The number of hydrogen-bond donors (Lipinski definition) is 1. The number of amides is 1. The summed E-state index contributed by atoms with van der Waals surface area (Å²) in [5, 5.41) is 3.19. The van der Waals surface area contributed by atoms with Gasteiger partial charge in [0.15, 0.2) is 0 Å². The number of rotatable bonds is 4. The number of fused-ring (bicyclic) bond motifs is 1. The van der Waals surface area contributed by atoms with Crippen molar-refractivity contribution in [2.45, 2.75) is 58.8 Å². The van der Waals surface area contributed by atoms with Gasteiger partial charge in [-0.3, -0.25) is 9.69 Å². The molecule has 4 heterocycles. The molecule has 0 aromatic carbocycles. The highest BCUT2D eigenvalue weighted by Gasteiger charge is 2.62. The van der Waals surface area contributed by atoms with E-state index in [-0.39, 0.29) is 16.9 Å². The number of aryl methyl sites for hydroxylation is 1. The minimum absolute atomic E-state index is 0.0497. The molecule has 4 rings (SSSR count). The molecule has 1 amide bonds. The average Bonchev–Trinajstić information content (AvgIpc) is 3.24. The summed E-state index contributed by atoms with van der Waals surface area (Å²) >= 11 is 1.90. The van der Waals surface area contributed by atoms with Crippen molar-refractivity contribution in [1.29, 1.82) is 0 Å². The van der Waals surface area contributed by atoms with Gasteiger partial charge in [-0.15, -0.1) is 11.3 Å². The Bertz CT molecular complexity index is 665. The molecule has 138 valence electrons. The highest BCUT2D eigenvalue weighted by Crippen LogP contribution is 2.54. The fourth-order valence-corrected chi connectivity index (χ4v) is 5.88. The predicted molar refractivity (Wildman–Crippen MR) is 101 cm³/mol. The molecule has 1 N–H and O–H groups in total. The standard InChI is InChI=1S/C20H30N2O2S/c1-13-5-6-14(25-13)10-22-11-16-15(9-21-18(23)19(2,3)4)17-7-8-20(16,12-22)24-17/h5-6,15-17H,7-12H2,1-4H3,(H,21,23)/t15-,16+,17+,20+/m0/s1. The number of hydrogen-bond acceptors (Lipinski definition) is 4. The van der Waals surface area contributed by atoms with Crippen LogP contribution in [0.4, 0.5) is 0 Å². The normalized spacial score (nSPS) is 34.5. The minimum atomic E-state index is -0.324. The lowest BCUT2D eigenvalue weighted by Gasteiger charge is -2.30. The number of likely N-dealkylation sites (tertiary alicyclic amines) is 1. The Hall–Kier alpha value is -0.910. The molecule has 4 atom stereocenters. The second kappa shape index (κ2) is 6.07. The maximum absolute atomic E-state index is 12.3. The first-order valence-corrected chi connectivity index (χ1v) is 10.3. The Morgan fingerprint density at radius 1 is 1.44 bits per heavy atom. The first kappa shape index (κ1) is 17.5. The van der Waals surface area contributed by atoms with Crippen LogP contribution in [0.1, 0.15) is 43.4 Å². The van der Waals surface area contributed by atoms with Crippen LogP contribution in [0.2, 0.25) is 0 Å². The summed E-state index contributed by atoms with van der Waals surface area (Å²) in [6, 6.07) is 4.47. The van der Waals surface area contributed by atoms with Gasteiger partial charge in [0.2, 0.25) is 5.91 Å². The van der Waals surface area contributed by atoms with E-state index in [1.54, 1.807) is 0 Å². The molecule has 4 nitrogen and oxygen atoms in total. The fourth-order valence-electron chi connectivity index (χ4n) is 4.95. The van der Waals surface area contributed by atoms with Crippen molar-refractivity contribution in [3.8, 4) is 0 Å². The quantitative estimate of drug-likeness (QED) is 0.894. The van der Waals surface area contributed by atoms with E-state index in [9.17, 15) is 4.79 Å². The number of carbonyl (C=O) groups excluding carboxylic acids is 1. The zero-order chi connectivity index (χ0) is 17.8. The van der Waals surface area contributed by atoms with Gasteiger partial charge in [0.1, 0.15) is 0 Å². The molecule has 3 fully saturated rings. The van der Waals surface area contributed by atoms with E-state index in [1.165, 1.54) is 16.2 Å². The largest absolute Gasteiger partial charge is 0.370 e. The van der Waals surface area contributed by atoms with Gasteiger partial charge in [-0.1, -0.05) is 20.8 Å². The molecule has 3 aliphatic rings. The maximum atomic E-state index is 12.3. The average molecular weight is 363 g/mol. The molecule has 0 aliphatic carbocycles. The summed E-state index contributed by atoms with van der Waals surface area (Å²) in [4.78, 5) is 17.7. The summed E-state index contributed by atoms with van der Waals surface area (Å²) in [5.41, 5.74) is -0.275. The van der Waals surface area contributed by atoms with E-state index in [0.29, 0.717) is 17.9 Å². The first-order chi connectivity index (χ1) is 11.8. The Balaban J connectivity index is 1.41. The summed E-state index contributed by atoms with van der Waals surface area (Å²) in [7, 11) is 0. The van der Waals surface area contributed by atoms with Gasteiger partial charge >= 0.3 is 0 Å². The van der Waals surface area contributed by atoms with Crippen LogP contribution >= 0.6 is 11.3 Å². The number of carbonyl (C=O) groups is 1. The smallest absolute Gasteiger partial charge is 0.225 e. The Morgan fingerprint density at radius 2 is 2.24 bits per heavy atom. The van der Waals surface area contributed by atoms with Crippen LogP contribution in [0, 0.1) is 24.2 Å². The van der Waals surface area contributed by atoms with Gasteiger partial charge < -0.3 is 10.1 Å². The second-order valence-corrected chi connectivity index (χ2v) is 10.5. The lowest BCUT2D eigenvalue weighted by atomic mass is 9.73. The topological polar surface area (TPSA) is 41.6 Å². The van der Waals surface area contributed by atoms with E-state index in [1.807, 2.05) is 32.1 Å². The van der Waals surface area contributed by atoms with Gasteiger partial charge in [0.05, 0.1) is 11.7 Å². The molecule has 5 heteroatoms.